The number of hydrogen-bond donors (Lipinski definition) is 0. The number of Topliss-reactive ketones (excluding diaryl/α,β-unsaturated/α-hetero) is 1. The number of aryl methyl sites for hydroxylation is 1. The molecule has 1 heterocycles. The van der Waals surface area contributed by atoms with E-state index < -0.39 is 58.2 Å². The first-order valence-electron chi connectivity index (χ1n) is 9.70. The lowest BCUT2D eigenvalue weighted by atomic mass is 10.1. The van der Waals surface area contributed by atoms with Gasteiger partial charge in [0.2, 0.25) is 0 Å². The van der Waals surface area contributed by atoms with Gasteiger partial charge in [0.05, 0.1) is 26.9 Å². The van der Waals surface area contributed by atoms with Crippen LogP contribution in [0.2, 0.25) is 10.0 Å². The Balaban J connectivity index is 1.84. The second-order valence-electron chi connectivity index (χ2n) is 7.62. The number of halogens is 2. The fourth-order valence-electron chi connectivity index (χ4n) is 3.27. The highest BCUT2D eigenvalue weighted by atomic mass is 35.5. The quantitative estimate of drug-likeness (QED) is 0.303. The molecule has 2 amide bonds. The predicted molar refractivity (Wildman–Crippen MR) is 122 cm³/mol. The normalized spacial score (nSPS) is 14.2. The van der Waals surface area contributed by atoms with Crippen molar-refractivity contribution in [2.75, 3.05) is 18.6 Å². The molecule has 2 aromatic carbocycles. The zero-order valence-electron chi connectivity index (χ0n) is 17.6. The third-order valence-corrected chi connectivity index (χ3v) is 6.72. The summed E-state index contributed by atoms with van der Waals surface area (Å²) in [6.07, 6.45) is 0.557. The Morgan fingerprint density at radius 1 is 1.00 bits per heavy atom. The molecule has 0 spiro atoms. The molecule has 3 rings (SSSR count). The fraction of sp³-hybridized carbons (Fsp3) is 0.273. The van der Waals surface area contributed by atoms with E-state index in [2.05, 4.69) is 0 Å². The average Bonchev–Trinajstić information content (AvgIpc) is 2.97. The maximum atomic E-state index is 12.9. The molecule has 0 radical (unpaired) electrons. The molecule has 0 aromatic heterocycles. The number of hydrogen-bond acceptors (Lipinski definition) is 7. The molecule has 1 atom stereocenters. The van der Waals surface area contributed by atoms with Gasteiger partial charge in [0.1, 0.15) is 15.9 Å². The van der Waals surface area contributed by atoms with Crippen LogP contribution in [-0.4, -0.2) is 61.5 Å². The van der Waals surface area contributed by atoms with Crippen molar-refractivity contribution in [3.63, 3.8) is 0 Å². The summed E-state index contributed by atoms with van der Waals surface area (Å²) in [6, 6.07) is 7.45. The van der Waals surface area contributed by atoms with Gasteiger partial charge in [0.15, 0.2) is 12.4 Å². The molecule has 8 nitrogen and oxygen atoms in total. The molecule has 0 fully saturated rings. The third-order valence-electron chi connectivity index (χ3n) is 5.02. The van der Waals surface area contributed by atoms with E-state index >= 15 is 0 Å². The van der Waals surface area contributed by atoms with Gasteiger partial charge in [-0.1, -0.05) is 53.0 Å². The second-order valence-corrected chi connectivity index (χ2v) is 10.7. The summed E-state index contributed by atoms with van der Waals surface area (Å²) < 4.78 is 28.5. The first-order valence-corrected chi connectivity index (χ1v) is 12.5. The van der Waals surface area contributed by atoms with Crippen LogP contribution in [0, 0.1) is 6.92 Å². The van der Waals surface area contributed by atoms with Crippen LogP contribution >= 0.6 is 23.2 Å². The molecular formula is C22H19Cl2NO7S. The van der Waals surface area contributed by atoms with E-state index in [0.717, 1.165) is 11.8 Å². The number of ketones is 1. The Morgan fingerprint density at radius 3 is 2.00 bits per heavy atom. The van der Waals surface area contributed by atoms with E-state index in [0.29, 0.717) is 10.5 Å². The van der Waals surface area contributed by atoms with Crippen LogP contribution < -0.4 is 0 Å². The minimum Gasteiger partial charge on any atom is -0.456 e. The Hall–Kier alpha value is -2.75. The number of carbonyl (C=O) groups is 4. The van der Waals surface area contributed by atoms with E-state index in [1.807, 2.05) is 6.92 Å². The molecule has 0 saturated heterocycles. The van der Waals surface area contributed by atoms with Crippen molar-refractivity contribution in [3.8, 4) is 0 Å². The lowest BCUT2D eigenvalue weighted by molar-refractivity contribution is -0.147. The lowest BCUT2D eigenvalue weighted by Gasteiger charge is -2.24. The first-order chi connectivity index (χ1) is 15.4. The molecule has 11 heteroatoms. The number of nitrogens with zero attached hydrogens (tertiary/aromatic N) is 1. The first kappa shape index (κ1) is 24.9. The summed E-state index contributed by atoms with van der Waals surface area (Å²) in [5.74, 6) is -3.74. The average molecular weight is 512 g/mol. The number of ether oxygens (including phenoxy) is 1. The number of fused-ring (bicyclic) bond motifs is 1. The van der Waals surface area contributed by atoms with Crippen LogP contribution in [0.4, 0.5) is 0 Å². The van der Waals surface area contributed by atoms with E-state index in [4.69, 9.17) is 27.9 Å². The topological polar surface area (TPSA) is 115 Å². The van der Waals surface area contributed by atoms with Gasteiger partial charge in [-0.3, -0.25) is 19.3 Å². The standard InChI is InChI=1S/C22H19Cl2NO7S/c1-12-3-5-13(6-4-12)19(26)11-32-22(29)18(7-8-33(2,30)31)25-20(27)14-9-16(23)17(24)10-15(14)21(25)28/h3-6,9-10,18H,7-8,11H2,1-2H3/t18-/m0/s1. The minimum atomic E-state index is -3.54. The predicted octanol–water partition coefficient (Wildman–Crippen LogP) is 3.13. The molecule has 1 aliphatic heterocycles. The van der Waals surface area contributed by atoms with Crippen LogP contribution in [0.25, 0.3) is 0 Å². The van der Waals surface area contributed by atoms with E-state index in [9.17, 15) is 27.6 Å². The Morgan fingerprint density at radius 2 is 1.52 bits per heavy atom. The highest BCUT2D eigenvalue weighted by molar-refractivity contribution is 7.90. The molecule has 2 aromatic rings. The van der Waals surface area contributed by atoms with Crippen molar-refractivity contribution < 1.29 is 32.3 Å². The molecule has 174 valence electrons. The number of sulfone groups is 1. The summed E-state index contributed by atoms with van der Waals surface area (Å²) in [4.78, 5) is 51.6. The van der Waals surface area contributed by atoms with Crippen molar-refractivity contribution in [2.24, 2.45) is 0 Å². The van der Waals surface area contributed by atoms with Crippen LogP contribution in [-0.2, 0) is 19.4 Å². The molecule has 1 aliphatic rings. The van der Waals surface area contributed by atoms with Crippen molar-refractivity contribution in [3.05, 3.63) is 68.7 Å². The smallest absolute Gasteiger partial charge is 0.329 e. The van der Waals surface area contributed by atoms with Gasteiger partial charge in [0.25, 0.3) is 11.8 Å². The molecule has 0 saturated carbocycles. The van der Waals surface area contributed by atoms with Crippen molar-refractivity contribution >= 4 is 56.6 Å². The third kappa shape index (κ3) is 5.61. The SMILES string of the molecule is Cc1ccc(C(=O)COC(=O)[C@H](CCS(C)(=O)=O)N2C(=O)c3cc(Cl)c(Cl)cc3C2=O)cc1. The zero-order valence-corrected chi connectivity index (χ0v) is 20.0. The van der Waals surface area contributed by atoms with Crippen molar-refractivity contribution in [1.29, 1.82) is 0 Å². The highest BCUT2D eigenvalue weighted by Gasteiger charge is 2.44. The Kier molecular flexibility index (Phi) is 7.26. The molecule has 0 unspecified atom stereocenters. The highest BCUT2D eigenvalue weighted by Crippen LogP contribution is 2.33. The zero-order chi connectivity index (χ0) is 24.5. The number of amides is 2. The van der Waals surface area contributed by atoms with Crippen molar-refractivity contribution in [1.82, 2.24) is 4.90 Å². The van der Waals surface area contributed by atoms with Crippen LogP contribution in [0.3, 0.4) is 0 Å². The van der Waals surface area contributed by atoms with Gasteiger partial charge in [-0.2, -0.15) is 0 Å². The number of imide groups is 1. The van der Waals surface area contributed by atoms with Gasteiger partial charge in [-0.05, 0) is 25.5 Å². The Bertz CT molecular complexity index is 1220. The summed E-state index contributed by atoms with van der Waals surface area (Å²) >= 11 is 11.9. The summed E-state index contributed by atoms with van der Waals surface area (Å²) in [6.45, 7) is 1.21. The van der Waals surface area contributed by atoms with Gasteiger partial charge in [0, 0.05) is 11.8 Å². The summed E-state index contributed by atoms with van der Waals surface area (Å²) in [5, 5.41) is 0.0785. The molecular weight excluding hydrogens is 493 g/mol. The number of carbonyl (C=O) groups excluding carboxylic acids is 4. The van der Waals surface area contributed by atoms with Gasteiger partial charge < -0.3 is 4.74 Å². The monoisotopic (exact) mass is 511 g/mol. The van der Waals surface area contributed by atoms with E-state index in [-0.39, 0.29) is 21.2 Å². The minimum absolute atomic E-state index is 0.0392. The second kappa shape index (κ2) is 9.62. The number of esters is 1. The maximum Gasteiger partial charge on any atom is 0.329 e. The lowest BCUT2D eigenvalue weighted by Crippen LogP contribution is -2.46. The van der Waals surface area contributed by atoms with E-state index in [1.165, 1.54) is 12.1 Å². The molecule has 0 aliphatic carbocycles. The van der Waals surface area contributed by atoms with Crippen LogP contribution in [0.5, 0.6) is 0 Å². The van der Waals surface area contributed by atoms with Crippen LogP contribution in [0.15, 0.2) is 36.4 Å². The molecule has 0 bridgehead atoms. The number of rotatable bonds is 8. The number of benzene rings is 2. The molecule has 0 N–H and O–H groups in total. The largest absolute Gasteiger partial charge is 0.456 e. The van der Waals surface area contributed by atoms with Gasteiger partial charge in [-0.15, -0.1) is 0 Å². The van der Waals surface area contributed by atoms with E-state index in [1.54, 1.807) is 24.3 Å². The van der Waals surface area contributed by atoms with Crippen LogP contribution in [0.1, 0.15) is 43.1 Å². The fourth-order valence-corrected chi connectivity index (χ4v) is 4.25. The summed E-state index contributed by atoms with van der Waals surface area (Å²) in [7, 11) is -3.54. The van der Waals surface area contributed by atoms with Crippen molar-refractivity contribution in [2.45, 2.75) is 19.4 Å². The molecule has 33 heavy (non-hydrogen) atoms. The van der Waals surface area contributed by atoms with Gasteiger partial charge >= 0.3 is 5.97 Å². The summed E-state index contributed by atoms with van der Waals surface area (Å²) in [5.41, 5.74) is 1.12. The maximum absolute atomic E-state index is 12.9. The Labute approximate surface area is 200 Å². The van der Waals surface area contributed by atoms with Gasteiger partial charge in [-0.25, -0.2) is 13.2 Å².